The molecule has 0 aliphatic carbocycles. The zero-order chi connectivity index (χ0) is 17.9. The fraction of sp³-hybridized carbons (Fsp3) is 0.211. The third kappa shape index (κ3) is 3.21. The molecule has 0 amide bonds. The van der Waals surface area contributed by atoms with Gasteiger partial charge in [-0.1, -0.05) is 41.9 Å². The van der Waals surface area contributed by atoms with Crippen LogP contribution in [0.4, 0.5) is 5.82 Å². The van der Waals surface area contributed by atoms with E-state index in [4.69, 9.17) is 11.6 Å². The summed E-state index contributed by atoms with van der Waals surface area (Å²) in [4.78, 5) is 26.0. The fourth-order valence-electron chi connectivity index (χ4n) is 3.21. The van der Waals surface area contributed by atoms with Crippen LogP contribution in [0, 0.1) is 0 Å². The predicted molar refractivity (Wildman–Crippen MR) is 102 cm³/mol. The van der Waals surface area contributed by atoms with Crippen LogP contribution in [0.2, 0.25) is 5.02 Å². The maximum atomic E-state index is 12.4. The van der Waals surface area contributed by atoms with E-state index in [0.717, 1.165) is 24.2 Å². The van der Waals surface area contributed by atoms with Crippen LogP contribution in [-0.4, -0.2) is 34.6 Å². The Bertz CT molecular complexity index is 945. The molecule has 4 rings (SSSR count). The molecule has 1 unspecified atom stereocenters. The maximum absolute atomic E-state index is 12.4. The highest BCUT2D eigenvalue weighted by Crippen LogP contribution is 2.31. The Kier molecular flexibility index (Phi) is 4.69. The lowest BCUT2D eigenvalue weighted by atomic mass is 10.0. The molecule has 6 nitrogen and oxygen atoms in total. The van der Waals surface area contributed by atoms with Crippen LogP contribution in [0.3, 0.4) is 0 Å². The van der Waals surface area contributed by atoms with Gasteiger partial charge in [0.15, 0.2) is 5.82 Å². The number of pyridine rings is 1. The number of aromatic nitrogens is 3. The van der Waals surface area contributed by atoms with E-state index in [2.05, 4.69) is 37.3 Å². The van der Waals surface area contributed by atoms with Gasteiger partial charge in [-0.15, -0.1) is 0 Å². The molecular weight excluding hydrogens is 350 g/mol. The van der Waals surface area contributed by atoms with Crippen LogP contribution in [0.5, 0.6) is 0 Å². The van der Waals surface area contributed by atoms with Crippen molar-refractivity contribution in [3.63, 3.8) is 0 Å². The molecule has 1 saturated heterocycles. The zero-order valence-corrected chi connectivity index (χ0v) is 14.8. The number of rotatable bonds is 3. The molecule has 2 aromatic heterocycles. The number of nitrogens with zero attached hydrogens (tertiary/aromatic N) is 3. The van der Waals surface area contributed by atoms with Gasteiger partial charge in [0.1, 0.15) is 10.8 Å². The van der Waals surface area contributed by atoms with Crippen molar-refractivity contribution in [3.05, 3.63) is 75.8 Å². The van der Waals surface area contributed by atoms with Crippen molar-refractivity contribution in [3.8, 4) is 11.4 Å². The van der Waals surface area contributed by atoms with Crippen LogP contribution in [-0.2, 0) is 0 Å². The zero-order valence-electron chi connectivity index (χ0n) is 14.0. The van der Waals surface area contributed by atoms with Crippen molar-refractivity contribution < 1.29 is 0 Å². The second kappa shape index (κ2) is 7.27. The molecule has 1 atom stereocenters. The van der Waals surface area contributed by atoms with Gasteiger partial charge >= 0.3 is 0 Å². The number of benzene rings is 1. The van der Waals surface area contributed by atoms with E-state index in [0.29, 0.717) is 18.2 Å². The highest BCUT2D eigenvalue weighted by molar-refractivity contribution is 6.32. The molecule has 132 valence electrons. The molecule has 0 radical (unpaired) electrons. The van der Waals surface area contributed by atoms with Gasteiger partial charge < -0.3 is 15.2 Å². The summed E-state index contributed by atoms with van der Waals surface area (Å²) in [5.74, 6) is 1.000. The Hall–Kier alpha value is -2.70. The SMILES string of the molecule is O=c1[nH]c(-c2ccncc2)nc(N2CCNCC2c2ccccc2)c1Cl. The first-order chi connectivity index (χ1) is 12.7. The second-order valence-electron chi connectivity index (χ2n) is 6.11. The first-order valence-corrected chi connectivity index (χ1v) is 8.84. The van der Waals surface area contributed by atoms with Gasteiger partial charge in [-0.2, -0.15) is 0 Å². The number of nitrogens with one attached hydrogen (secondary N) is 2. The first kappa shape index (κ1) is 16.8. The summed E-state index contributed by atoms with van der Waals surface area (Å²) < 4.78 is 0. The largest absolute Gasteiger partial charge is 0.346 e. The summed E-state index contributed by atoms with van der Waals surface area (Å²) in [6, 6.07) is 13.8. The topological polar surface area (TPSA) is 73.9 Å². The number of hydrogen-bond donors (Lipinski definition) is 2. The number of H-pyrrole nitrogens is 1. The quantitative estimate of drug-likeness (QED) is 0.744. The minimum absolute atomic E-state index is 0.0574. The van der Waals surface area contributed by atoms with Gasteiger partial charge in [0.05, 0.1) is 6.04 Å². The molecule has 7 heteroatoms. The minimum atomic E-state index is -0.339. The van der Waals surface area contributed by atoms with Crippen LogP contribution < -0.4 is 15.8 Å². The first-order valence-electron chi connectivity index (χ1n) is 8.46. The molecule has 1 aliphatic heterocycles. The molecule has 3 aromatic rings. The van der Waals surface area contributed by atoms with E-state index < -0.39 is 0 Å². The van der Waals surface area contributed by atoms with Gasteiger partial charge in [-0.25, -0.2) is 4.98 Å². The monoisotopic (exact) mass is 367 g/mol. The van der Waals surface area contributed by atoms with Crippen LogP contribution in [0.1, 0.15) is 11.6 Å². The Morgan fingerprint density at radius 2 is 1.88 bits per heavy atom. The van der Waals surface area contributed by atoms with Crippen molar-refractivity contribution in [2.75, 3.05) is 24.5 Å². The van der Waals surface area contributed by atoms with E-state index in [1.807, 2.05) is 30.3 Å². The molecule has 1 aliphatic rings. The minimum Gasteiger partial charge on any atom is -0.346 e. The molecule has 1 fully saturated rings. The van der Waals surface area contributed by atoms with Crippen molar-refractivity contribution in [1.82, 2.24) is 20.3 Å². The molecule has 2 N–H and O–H groups in total. The van der Waals surface area contributed by atoms with E-state index in [1.165, 1.54) is 0 Å². The molecule has 0 bridgehead atoms. The summed E-state index contributed by atoms with van der Waals surface area (Å²) in [5.41, 5.74) is 1.61. The average Bonchev–Trinajstić information content (AvgIpc) is 2.71. The Morgan fingerprint density at radius 1 is 1.12 bits per heavy atom. The number of halogens is 1. The van der Waals surface area contributed by atoms with Gasteiger partial charge in [0, 0.05) is 37.6 Å². The lowest BCUT2D eigenvalue weighted by molar-refractivity contribution is 0.486. The summed E-state index contributed by atoms with van der Waals surface area (Å²) in [5, 5.41) is 3.52. The van der Waals surface area contributed by atoms with Crippen molar-refractivity contribution in [2.24, 2.45) is 0 Å². The summed E-state index contributed by atoms with van der Waals surface area (Å²) in [6.45, 7) is 2.28. The Balaban J connectivity index is 1.80. The summed E-state index contributed by atoms with van der Waals surface area (Å²) in [6.07, 6.45) is 3.34. The van der Waals surface area contributed by atoms with Crippen molar-refractivity contribution in [2.45, 2.75) is 6.04 Å². The summed E-state index contributed by atoms with van der Waals surface area (Å²) >= 11 is 6.36. The van der Waals surface area contributed by atoms with Crippen molar-refractivity contribution >= 4 is 17.4 Å². The number of aromatic amines is 1. The molecule has 1 aromatic carbocycles. The van der Waals surface area contributed by atoms with E-state index in [9.17, 15) is 4.79 Å². The second-order valence-corrected chi connectivity index (χ2v) is 6.49. The molecule has 26 heavy (non-hydrogen) atoms. The molecule has 3 heterocycles. The van der Waals surface area contributed by atoms with Crippen LogP contribution >= 0.6 is 11.6 Å². The Labute approximate surface area is 155 Å². The van der Waals surface area contributed by atoms with Gasteiger partial charge in [-0.05, 0) is 17.7 Å². The molecular formula is C19H18ClN5O. The third-order valence-electron chi connectivity index (χ3n) is 4.50. The standard InChI is InChI=1S/C19H18ClN5O/c20-16-18(23-17(24-19(16)26)14-6-8-21-9-7-14)25-11-10-22-12-15(25)13-4-2-1-3-5-13/h1-9,15,22H,10-12H2,(H,23,24,26). The molecule has 0 saturated carbocycles. The summed E-state index contributed by atoms with van der Waals surface area (Å²) in [7, 11) is 0. The lowest BCUT2D eigenvalue weighted by Gasteiger charge is -2.37. The smallest absolute Gasteiger partial charge is 0.272 e. The van der Waals surface area contributed by atoms with E-state index in [-0.39, 0.29) is 16.6 Å². The predicted octanol–water partition coefficient (Wildman–Crippen LogP) is 2.64. The highest BCUT2D eigenvalue weighted by atomic mass is 35.5. The maximum Gasteiger partial charge on any atom is 0.272 e. The van der Waals surface area contributed by atoms with Gasteiger partial charge in [0.2, 0.25) is 0 Å². The van der Waals surface area contributed by atoms with Crippen molar-refractivity contribution in [1.29, 1.82) is 0 Å². The molecule has 0 spiro atoms. The fourth-order valence-corrected chi connectivity index (χ4v) is 3.41. The number of piperazine rings is 1. The van der Waals surface area contributed by atoms with Gasteiger partial charge in [0.25, 0.3) is 5.56 Å². The van der Waals surface area contributed by atoms with Crippen LogP contribution in [0.15, 0.2) is 59.7 Å². The van der Waals surface area contributed by atoms with E-state index in [1.54, 1.807) is 12.4 Å². The van der Waals surface area contributed by atoms with Gasteiger partial charge in [-0.3, -0.25) is 9.78 Å². The normalized spacial score (nSPS) is 17.3. The van der Waals surface area contributed by atoms with Crippen LogP contribution in [0.25, 0.3) is 11.4 Å². The third-order valence-corrected chi connectivity index (χ3v) is 4.84. The average molecular weight is 368 g/mol. The Morgan fingerprint density at radius 3 is 2.65 bits per heavy atom. The van der Waals surface area contributed by atoms with E-state index >= 15 is 0 Å². The highest BCUT2D eigenvalue weighted by Gasteiger charge is 2.28. The lowest BCUT2D eigenvalue weighted by Crippen LogP contribution is -2.47. The number of hydrogen-bond acceptors (Lipinski definition) is 5. The number of anilines is 1.